The predicted octanol–water partition coefficient (Wildman–Crippen LogP) is 1.09. The Morgan fingerprint density at radius 1 is 1.42 bits per heavy atom. The van der Waals surface area contributed by atoms with Crippen LogP contribution in [0.4, 0.5) is 5.13 Å². The second-order valence-corrected chi connectivity index (χ2v) is 6.18. The van der Waals surface area contributed by atoms with Gasteiger partial charge in [0.15, 0.2) is 0 Å². The van der Waals surface area contributed by atoms with Gasteiger partial charge in [-0.05, 0) is 6.92 Å². The lowest BCUT2D eigenvalue weighted by Gasteiger charge is -2.39. The van der Waals surface area contributed by atoms with E-state index in [4.69, 9.17) is 9.47 Å². The van der Waals surface area contributed by atoms with E-state index in [0.29, 0.717) is 6.61 Å². The van der Waals surface area contributed by atoms with E-state index in [1.165, 1.54) is 0 Å². The third-order valence-electron chi connectivity index (χ3n) is 3.74. The van der Waals surface area contributed by atoms with E-state index in [9.17, 15) is 0 Å². The van der Waals surface area contributed by atoms with Crippen molar-refractivity contribution in [3.8, 4) is 0 Å². The number of nitrogens with zero attached hydrogens (tertiary/aromatic N) is 4. The quantitative estimate of drug-likeness (QED) is 0.783. The minimum Gasteiger partial charge on any atom is -0.378 e. The molecular formula is C12H16N4O2S. The molecule has 2 aliphatic heterocycles. The molecule has 0 radical (unpaired) electrons. The van der Waals surface area contributed by atoms with Gasteiger partial charge < -0.3 is 14.4 Å². The first-order valence-electron chi connectivity index (χ1n) is 6.54. The minimum absolute atomic E-state index is 0.123. The van der Waals surface area contributed by atoms with E-state index in [0.717, 1.165) is 48.5 Å². The zero-order valence-electron chi connectivity index (χ0n) is 10.8. The van der Waals surface area contributed by atoms with E-state index in [1.54, 1.807) is 11.3 Å². The van der Waals surface area contributed by atoms with Gasteiger partial charge in [-0.1, -0.05) is 11.3 Å². The lowest BCUT2D eigenvalue weighted by atomic mass is 10.0. The van der Waals surface area contributed by atoms with Crippen molar-refractivity contribution in [1.29, 1.82) is 0 Å². The number of anilines is 1. The number of imidazole rings is 1. The van der Waals surface area contributed by atoms with Crippen molar-refractivity contribution >= 4 is 21.4 Å². The van der Waals surface area contributed by atoms with Gasteiger partial charge in [-0.2, -0.15) is 0 Å². The van der Waals surface area contributed by atoms with E-state index < -0.39 is 0 Å². The first-order chi connectivity index (χ1) is 9.24. The summed E-state index contributed by atoms with van der Waals surface area (Å²) in [5, 5.41) is 5.64. The summed E-state index contributed by atoms with van der Waals surface area (Å²) in [4.78, 5) is 7.71. The summed E-state index contributed by atoms with van der Waals surface area (Å²) in [5.74, 6) is 0. The van der Waals surface area contributed by atoms with Gasteiger partial charge in [-0.15, -0.1) is 5.10 Å². The summed E-state index contributed by atoms with van der Waals surface area (Å²) in [6, 6.07) is 0. The SMILES string of the molecule is Cc1cn2nc(N3CCOC4(CCOC4)C3)sc2n1. The zero-order valence-corrected chi connectivity index (χ0v) is 11.7. The van der Waals surface area contributed by atoms with Crippen molar-refractivity contribution in [1.82, 2.24) is 14.6 Å². The van der Waals surface area contributed by atoms with Crippen LogP contribution in [0.2, 0.25) is 0 Å². The van der Waals surface area contributed by atoms with Crippen LogP contribution < -0.4 is 4.90 Å². The average Bonchev–Trinajstić information content (AvgIpc) is 3.04. The number of fused-ring (bicyclic) bond motifs is 1. The molecule has 0 bridgehead atoms. The van der Waals surface area contributed by atoms with Crippen LogP contribution in [0.25, 0.3) is 4.96 Å². The summed E-state index contributed by atoms with van der Waals surface area (Å²) in [6.07, 6.45) is 2.94. The molecule has 1 atom stereocenters. The van der Waals surface area contributed by atoms with Crippen LogP contribution in [0.5, 0.6) is 0 Å². The Labute approximate surface area is 114 Å². The molecule has 2 fully saturated rings. The van der Waals surface area contributed by atoms with Gasteiger partial charge in [-0.3, -0.25) is 0 Å². The van der Waals surface area contributed by atoms with Crippen molar-refractivity contribution in [3.05, 3.63) is 11.9 Å². The van der Waals surface area contributed by atoms with E-state index in [-0.39, 0.29) is 5.60 Å². The monoisotopic (exact) mass is 280 g/mol. The maximum absolute atomic E-state index is 5.94. The molecule has 2 aromatic heterocycles. The second-order valence-electron chi connectivity index (χ2n) is 5.25. The van der Waals surface area contributed by atoms with Crippen molar-refractivity contribution in [2.45, 2.75) is 18.9 Å². The van der Waals surface area contributed by atoms with Crippen LogP contribution in [-0.2, 0) is 9.47 Å². The van der Waals surface area contributed by atoms with Crippen molar-refractivity contribution in [2.24, 2.45) is 0 Å². The Bertz CT molecular complexity index is 570. The average molecular weight is 280 g/mol. The largest absolute Gasteiger partial charge is 0.378 e. The lowest BCUT2D eigenvalue weighted by Crippen LogP contribution is -2.52. The van der Waals surface area contributed by atoms with Gasteiger partial charge in [0, 0.05) is 19.6 Å². The summed E-state index contributed by atoms with van der Waals surface area (Å²) in [7, 11) is 0. The van der Waals surface area contributed by atoms with Crippen LogP contribution >= 0.6 is 11.3 Å². The highest BCUT2D eigenvalue weighted by Crippen LogP contribution is 2.32. The van der Waals surface area contributed by atoms with E-state index in [2.05, 4.69) is 15.0 Å². The topological polar surface area (TPSA) is 51.9 Å². The fourth-order valence-electron chi connectivity index (χ4n) is 2.76. The molecule has 19 heavy (non-hydrogen) atoms. The predicted molar refractivity (Wildman–Crippen MR) is 71.9 cm³/mol. The highest BCUT2D eigenvalue weighted by atomic mass is 32.1. The summed E-state index contributed by atoms with van der Waals surface area (Å²) in [5.41, 5.74) is 0.884. The Morgan fingerprint density at radius 3 is 3.16 bits per heavy atom. The maximum atomic E-state index is 5.94. The van der Waals surface area contributed by atoms with Gasteiger partial charge in [0.05, 0.1) is 31.6 Å². The van der Waals surface area contributed by atoms with E-state index in [1.807, 2.05) is 17.6 Å². The van der Waals surface area contributed by atoms with Crippen molar-refractivity contribution in [2.75, 3.05) is 37.8 Å². The molecule has 4 heterocycles. The molecular weight excluding hydrogens is 264 g/mol. The van der Waals surface area contributed by atoms with Crippen LogP contribution in [0.1, 0.15) is 12.1 Å². The highest BCUT2D eigenvalue weighted by molar-refractivity contribution is 7.20. The van der Waals surface area contributed by atoms with Gasteiger partial charge in [0.25, 0.3) is 0 Å². The first kappa shape index (κ1) is 11.6. The molecule has 2 saturated heterocycles. The molecule has 0 saturated carbocycles. The van der Waals surface area contributed by atoms with Crippen molar-refractivity contribution < 1.29 is 9.47 Å². The molecule has 2 aromatic rings. The Hall–Kier alpha value is -1.18. The van der Waals surface area contributed by atoms with E-state index >= 15 is 0 Å². The zero-order chi connectivity index (χ0) is 12.9. The molecule has 7 heteroatoms. The Balaban J connectivity index is 1.62. The molecule has 102 valence electrons. The number of hydrogen-bond donors (Lipinski definition) is 0. The third-order valence-corrected chi connectivity index (χ3v) is 4.72. The fourth-order valence-corrected chi connectivity index (χ4v) is 3.72. The van der Waals surface area contributed by atoms with Gasteiger partial charge in [0.1, 0.15) is 5.60 Å². The summed E-state index contributed by atoms with van der Waals surface area (Å²) in [6.45, 7) is 5.98. The van der Waals surface area contributed by atoms with Gasteiger partial charge in [0.2, 0.25) is 10.1 Å². The van der Waals surface area contributed by atoms with Crippen LogP contribution in [0, 0.1) is 6.92 Å². The highest BCUT2D eigenvalue weighted by Gasteiger charge is 2.41. The Morgan fingerprint density at radius 2 is 2.37 bits per heavy atom. The number of hydrogen-bond acceptors (Lipinski definition) is 6. The van der Waals surface area contributed by atoms with Crippen LogP contribution in [0.15, 0.2) is 6.20 Å². The minimum atomic E-state index is -0.123. The molecule has 4 rings (SSSR count). The molecule has 0 N–H and O–H groups in total. The number of rotatable bonds is 1. The number of aromatic nitrogens is 3. The number of morpholine rings is 1. The fraction of sp³-hybridized carbons (Fsp3) is 0.667. The summed E-state index contributed by atoms with van der Waals surface area (Å²) >= 11 is 1.64. The maximum Gasteiger partial charge on any atom is 0.214 e. The Kier molecular flexibility index (Phi) is 2.54. The first-order valence-corrected chi connectivity index (χ1v) is 7.35. The molecule has 6 nitrogen and oxygen atoms in total. The molecule has 0 aliphatic carbocycles. The summed E-state index contributed by atoms with van der Waals surface area (Å²) < 4.78 is 13.3. The standard InChI is InChI=1S/C12H16N4O2S/c1-9-6-16-10(13-9)19-11(14-16)15-3-5-18-12(7-15)2-4-17-8-12/h6H,2-5,7-8H2,1H3. The van der Waals surface area contributed by atoms with Crippen LogP contribution in [0.3, 0.4) is 0 Å². The lowest BCUT2D eigenvalue weighted by molar-refractivity contribution is -0.0579. The van der Waals surface area contributed by atoms with Crippen LogP contribution in [-0.4, -0.2) is 53.1 Å². The molecule has 1 spiro atoms. The molecule has 0 aromatic carbocycles. The third kappa shape index (κ3) is 1.92. The number of ether oxygens (including phenoxy) is 2. The smallest absolute Gasteiger partial charge is 0.214 e. The molecule has 2 aliphatic rings. The molecule has 1 unspecified atom stereocenters. The van der Waals surface area contributed by atoms with Gasteiger partial charge >= 0.3 is 0 Å². The normalized spacial score (nSPS) is 27.7. The van der Waals surface area contributed by atoms with Crippen molar-refractivity contribution in [3.63, 3.8) is 0 Å². The number of aryl methyl sites for hydroxylation is 1. The van der Waals surface area contributed by atoms with Gasteiger partial charge in [-0.25, -0.2) is 9.50 Å². The molecule has 0 amide bonds. The second kappa shape index (κ2) is 4.16.